The predicted molar refractivity (Wildman–Crippen MR) is 110 cm³/mol. The normalized spacial score (nSPS) is 17.0. The number of hydrogen-bond acceptors (Lipinski definition) is 5. The van der Waals surface area contributed by atoms with Gasteiger partial charge < -0.3 is 5.11 Å². The van der Waals surface area contributed by atoms with Gasteiger partial charge in [-0.15, -0.1) is 0 Å². The second-order valence-corrected chi connectivity index (χ2v) is 8.65. The molecule has 0 atom stereocenters. The summed E-state index contributed by atoms with van der Waals surface area (Å²) in [4.78, 5) is 17.2. The number of nitrogens with zero attached hydrogens (tertiary/aromatic N) is 2. The van der Waals surface area contributed by atoms with Crippen molar-refractivity contribution in [3.8, 4) is 11.1 Å². The highest BCUT2D eigenvalue weighted by Crippen LogP contribution is 2.35. The fourth-order valence-electron chi connectivity index (χ4n) is 3.43. The SMILES string of the molecule is Cc1ncccc1-c1cccc(C(O)=C2C(=O)c3ccccc3S(=O)(=O)N2C)c1. The van der Waals surface area contributed by atoms with Gasteiger partial charge in [-0.25, -0.2) is 8.42 Å². The van der Waals surface area contributed by atoms with Crippen LogP contribution in [0.15, 0.2) is 77.5 Å². The number of aryl methyl sites for hydroxylation is 1. The lowest BCUT2D eigenvalue weighted by Crippen LogP contribution is -2.37. The van der Waals surface area contributed by atoms with Crippen LogP contribution < -0.4 is 0 Å². The number of sulfonamides is 1. The van der Waals surface area contributed by atoms with Gasteiger partial charge in [-0.1, -0.05) is 36.4 Å². The molecule has 1 aliphatic rings. The van der Waals surface area contributed by atoms with E-state index in [1.165, 1.54) is 19.2 Å². The van der Waals surface area contributed by atoms with Gasteiger partial charge in [-0.2, -0.15) is 0 Å². The van der Waals surface area contributed by atoms with Gasteiger partial charge in [0.1, 0.15) is 5.70 Å². The molecule has 1 aliphatic heterocycles. The molecule has 1 N–H and O–H groups in total. The van der Waals surface area contributed by atoms with Crippen LogP contribution in [0.1, 0.15) is 21.6 Å². The van der Waals surface area contributed by atoms with Gasteiger partial charge in [0, 0.05) is 35.6 Å². The first-order valence-electron chi connectivity index (χ1n) is 8.90. The molecule has 7 heteroatoms. The Balaban J connectivity index is 1.90. The van der Waals surface area contributed by atoms with Gasteiger partial charge in [0.2, 0.25) is 5.78 Å². The summed E-state index contributed by atoms with van der Waals surface area (Å²) in [5, 5.41) is 10.9. The lowest BCUT2D eigenvalue weighted by Gasteiger charge is -2.28. The predicted octanol–water partition coefficient (Wildman–Crippen LogP) is 3.80. The minimum Gasteiger partial charge on any atom is -0.505 e. The van der Waals surface area contributed by atoms with E-state index in [1.54, 1.807) is 36.5 Å². The Morgan fingerprint density at radius 3 is 2.48 bits per heavy atom. The molecule has 0 fully saturated rings. The van der Waals surface area contributed by atoms with Crippen molar-refractivity contribution >= 4 is 21.6 Å². The lowest BCUT2D eigenvalue weighted by atomic mass is 9.99. The largest absolute Gasteiger partial charge is 0.505 e. The summed E-state index contributed by atoms with van der Waals surface area (Å²) in [6, 6.07) is 16.7. The minimum atomic E-state index is -3.94. The molecular weight excluding hydrogens is 388 g/mol. The zero-order chi connectivity index (χ0) is 20.8. The van der Waals surface area contributed by atoms with Gasteiger partial charge in [0.15, 0.2) is 5.76 Å². The van der Waals surface area contributed by atoms with E-state index in [2.05, 4.69) is 4.98 Å². The number of rotatable bonds is 2. The molecule has 1 aromatic heterocycles. The third-order valence-electron chi connectivity index (χ3n) is 4.98. The Morgan fingerprint density at radius 2 is 1.72 bits per heavy atom. The van der Waals surface area contributed by atoms with Crippen LogP contribution in [0.25, 0.3) is 16.9 Å². The van der Waals surface area contributed by atoms with Crippen LogP contribution in [0.2, 0.25) is 0 Å². The van der Waals surface area contributed by atoms with Crippen molar-refractivity contribution in [1.82, 2.24) is 9.29 Å². The number of benzene rings is 2. The maximum atomic E-state index is 13.0. The number of carbonyl (C=O) groups excluding carboxylic acids is 1. The van der Waals surface area contributed by atoms with Crippen LogP contribution in [-0.4, -0.2) is 35.6 Å². The van der Waals surface area contributed by atoms with E-state index in [9.17, 15) is 18.3 Å². The first-order chi connectivity index (χ1) is 13.8. The highest BCUT2D eigenvalue weighted by Gasteiger charge is 2.39. The Bertz CT molecular complexity index is 1280. The van der Waals surface area contributed by atoms with Crippen LogP contribution in [-0.2, 0) is 10.0 Å². The quantitative estimate of drug-likeness (QED) is 0.517. The number of Topliss-reactive ketones (excluding diaryl/α,β-unsaturated/α-hetero) is 1. The maximum absolute atomic E-state index is 13.0. The van der Waals surface area contributed by atoms with Gasteiger partial charge in [-0.3, -0.25) is 14.1 Å². The second kappa shape index (κ2) is 6.86. The molecule has 0 aliphatic carbocycles. The number of aliphatic hydroxyl groups excluding tert-OH is 1. The monoisotopic (exact) mass is 406 g/mol. The summed E-state index contributed by atoms with van der Waals surface area (Å²) in [5.74, 6) is -0.933. The number of pyridine rings is 1. The number of hydrogen-bond donors (Lipinski definition) is 1. The molecule has 0 saturated carbocycles. The molecule has 4 rings (SSSR count). The summed E-state index contributed by atoms with van der Waals surface area (Å²) in [6.45, 7) is 1.88. The summed E-state index contributed by atoms with van der Waals surface area (Å²) in [7, 11) is -2.67. The summed E-state index contributed by atoms with van der Waals surface area (Å²) in [6.07, 6.45) is 1.69. The summed E-state index contributed by atoms with van der Waals surface area (Å²) < 4.78 is 26.5. The van der Waals surface area contributed by atoms with E-state index in [0.29, 0.717) is 5.56 Å². The lowest BCUT2D eigenvalue weighted by molar-refractivity contribution is 0.100. The van der Waals surface area contributed by atoms with Gasteiger partial charge >= 0.3 is 0 Å². The molecule has 3 aromatic rings. The highest BCUT2D eigenvalue weighted by molar-refractivity contribution is 7.89. The van der Waals surface area contributed by atoms with E-state index in [0.717, 1.165) is 21.1 Å². The molecule has 2 heterocycles. The number of carbonyl (C=O) groups is 1. The van der Waals surface area contributed by atoms with E-state index in [1.807, 2.05) is 25.1 Å². The van der Waals surface area contributed by atoms with Crippen LogP contribution >= 0.6 is 0 Å². The second-order valence-electron chi connectivity index (χ2n) is 6.71. The summed E-state index contributed by atoms with van der Waals surface area (Å²) >= 11 is 0. The minimum absolute atomic E-state index is 0.0476. The molecule has 2 aromatic carbocycles. The van der Waals surface area contributed by atoms with Crippen LogP contribution in [0.3, 0.4) is 0 Å². The third kappa shape index (κ3) is 3.00. The molecule has 6 nitrogen and oxygen atoms in total. The van der Waals surface area contributed by atoms with Crippen molar-refractivity contribution in [3.05, 3.63) is 89.4 Å². The molecule has 0 bridgehead atoms. The molecule has 0 amide bonds. The van der Waals surface area contributed by atoms with E-state index in [-0.39, 0.29) is 21.9 Å². The Kier molecular flexibility index (Phi) is 4.47. The number of allylic oxidation sites excluding steroid dienone is 1. The van der Waals surface area contributed by atoms with E-state index >= 15 is 0 Å². The van der Waals surface area contributed by atoms with Crippen molar-refractivity contribution < 1.29 is 18.3 Å². The zero-order valence-corrected chi connectivity index (χ0v) is 16.6. The summed E-state index contributed by atoms with van der Waals surface area (Å²) in [5.41, 5.74) is 2.62. The maximum Gasteiger partial charge on any atom is 0.265 e. The average molecular weight is 406 g/mol. The molecule has 0 unspecified atom stereocenters. The number of fused-ring (bicyclic) bond motifs is 1. The van der Waals surface area contributed by atoms with Crippen LogP contribution in [0, 0.1) is 6.92 Å². The fraction of sp³-hybridized carbons (Fsp3) is 0.0909. The van der Waals surface area contributed by atoms with Crippen molar-refractivity contribution in [2.45, 2.75) is 11.8 Å². The number of ketones is 1. The Labute approximate surface area is 168 Å². The van der Waals surface area contributed by atoms with E-state index in [4.69, 9.17) is 0 Å². The Hall–Kier alpha value is -3.45. The fourth-order valence-corrected chi connectivity index (χ4v) is 4.83. The van der Waals surface area contributed by atoms with Crippen molar-refractivity contribution in [3.63, 3.8) is 0 Å². The smallest absolute Gasteiger partial charge is 0.265 e. The third-order valence-corrected chi connectivity index (χ3v) is 6.79. The number of aliphatic hydroxyl groups is 1. The van der Waals surface area contributed by atoms with Gasteiger partial charge in [-0.05, 0) is 36.8 Å². The van der Waals surface area contributed by atoms with Crippen molar-refractivity contribution in [2.75, 3.05) is 7.05 Å². The first kappa shape index (κ1) is 18.9. The molecule has 29 heavy (non-hydrogen) atoms. The van der Waals surface area contributed by atoms with Crippen LogP contribution in [0.4, 0.5) is 0 Å². The van der Waals surface area contributed by atoms with E-state index < -0.39 is 15.8 Å². The molecule has 146 valence electrons. The topological polar surface area (TPSA) is 87.6 Å². The molecular formula is C22H18N2O4S. The average Bonchev–Trinajstić information content (AvgIpc) is 2.73. The molecule has 0 saturated heterocycles. The van der Waals surface area contributed by atoms with Crippen molar-refractivity contribution in [1.29, 1.82) is 0 Å². The molecule has 0 radical (unpaired) electrons. The molecule has 0 spiro atoms. The number of aromatic nitrogens is 1. The van der Waals surface area contributed by atoms with Crippen LogP contribution in [0.5, 0.6) is 0 Å². The van der Waals surface area contributed by atoms with Crippen molar-refractivity contribution in [2.24, 2.45) is 0 Å². The zero-order valence-electron chi connectivity index (χ0n) is 15.8. The highest BCUT2D eigenvalue weighted by atomic mass is 32.2. The standard InChI is InChI=1S/C22H18N2O4S/c1-14-17(10-6-12-23-14)15-7-5-8-16(13-15)21(25)20-22(26)18-9-3-4-11-19(18)29(27,28)24(20)2/h3-13,25H,1-2H3. The Morgan fingerprint density at radius 1 is 1.00 bits per heavy atom. The number of likely N-dealkylation sites (N-methyl/N-ethyl adjacent to an activating group) is 1. The van der Waals surface area contributed by atoms with Gasteiger partial charge in [0.25, 0.3) is 10.0 Å². The first-order valence-corrected chi connectivity index (χ1v) is 10.3. The van der Waals surface area contributed by atoms with Gasteiger partial charge in [0.05, 0.1) is 4.90 Å².